The van der Waals surface area contributed by atoms with Crippen molar-refractivity contribution in [3.8, 4) is 5.75 Å². The van der Waals surface area contributed by atoms with Gasteiger partial charge >= 0.3 is 0 Å². The second-order valence-electron chi connectivity index (χ2n) is 7.39. The van der Waals surface area contributed by atoms with Gasteiger partial charge in [0.1, 0.15) is 11.6 Å². The lowest BCUT2D eigenvalue weighted by atomic mass is 9.98. The number of alkyl halides is 2. The van der Waals surface area contributed by atoms with Crippen LogP contribution in [0, 0.1) is 5.82 Å². The second-order valence-corrected chi connectivity index (χ2v) is 7.39. The molecule has 2 heterocycles. The van der Waals surface area contributed by atoms with Crippen molar-refractivity contribution in [2.75, 3.05) is 25.5 Å². The molecule has 1 aliphatic heterocycles. The lowest BCUT2D eigenvalue weighted by Gasteiger charge is -2.22. The number of phenolic OH excluding ortho intramolecular Hbond substituents is 1. The molecule has 3 aromatic rings. The summed E-state index contributed by atoms with van der Waals surface area (Å²) < 4.78 is 40.4. The predicted octanol–water partition coefficient (Wildman–Crippen LogP) is 4.74. The van der Waals surface area contributed by atoms with Crippen LogP contribution < -0.4 is 5.32 Å². The number of benzene rings is 2. The summed E-state index contributed by atoms with van der Waals surface area (Å²) in [4.78, 5) is 2.24. The van der Waals surface area contributed by atoms with E-state index in [9.17, 15) is 18.3 Å². The van der Waals surface area contributed by atoms with E-state index in [1.54, 1.807) is 0 Å². The molecule has 1 aliphatic rings. The van der Waals surface area contributed by atoms with E-state index in [0.29, 0.717) is 11.2 Å². The maximum Gasteiger partial charge on any atom is 0.266 e. The Morgan fingerprint density at radius 1 is 1.23 bits per heavy atom. The number of halogens is 3. The highest BCUT2D eigenvalue weighted by molar-refractivity contribution is 5.93. The predicted molar refractivity (Wildman–Crippen MR) is 110 cm³/mol. The number of nitrogens with zero attached hydrogens (tertiary/aromatic N) is 3. The average Bonchev–Trinajstić information content (AvgIpc) is 2.74. The maximum absolute atomic E-state index is 14.4. The van der Waals surface area contributed by atoms with Gasteiger partial charge in [-0.1, -0.05) is 12.1 Å². The first-order valence-corrected chi connectivity index (χ1v) is 9.59. The van der Waals surface area contributed by atoms with E-state index >= 15 is 0 Å². The van der Waals surface area contributed by atoms with Gasteiger partial charge in [0.05, 0.1) is 23.0 Å². The van der Waals surface area contributed by atoms with Crippen LogP contribution in [0.15, 0.2) is 42.6 Å². The highest BCUT2D eigenvalue weighted by atomic mass is 19.3. The van der Waals surface area contributed by atoms with Crippen molar-refractivity contribution in [2.45, 2.75) is 19.4 Å². The third kappa shape index (κ3) is 4.09. The van der Waals surface area contributed by atoms with E-state index < -0.39 is 23.6 Å². The highest BCUT2D eigenvalue weighted by Gasteiger charge is 2.18. The largest absolute Gasteiger partial charge is 0.508 e. The zero-order chi connectivity index (χ0) is 21.3. The fraction of sp³-hybridized carbons (Fsp3) is 0.273. The van der Waals surface area contributed by atoms with E-state index in [1.165, 1.54) is 11.8 Å². The molecule has 0 unspecified atom stereocenters. The molecule has 4 rings (SSSR count). The number of aromatic hydroxyl groups is 1. The van der Waals surface area contributed by atoms with Gasteiger partial charge < -0.3 is 15.3 Å². The lowest BCUT2D eigenvalue weighted by Crippen LogP contribution is -2.23. The van der Waals surface area contributed by atoms with Crippen LogP contribution >= 0.6 is 0 Å². The van der Waals surface area contributed by atoms with Gasteiger partial charge in [-0.2, -0.15) is 10.2 Å². The van der Waals surface area contributed by atoms with Crippen LogP contribution in [0.4, 0.5) is 18.9 Å². The van der Waals surface area contributed by atoms with Crippen molar-refractivity contribution in [3.05, 3.63) is 65.1 Å². The third-order valence-corrected chi connectivity index (χ3v) is 5.29. The molecule has 0 bridgehead atoms. The Morgan fingerprint density at radius 3 is 2.80 bits per heavy atom. The third-order valence-electron chi connectivity index (χ3n) is 5.29. The van der Waals surface area contributed by atoms with Gasteiger partial charge in [-0.3, -0.25) is 0 Å². The van der Waals surface area contributed by atoms with Crippen LogP contribution in [-0.2, 0) is 6.54 Å². The molecule has 2 N–H and O–H groups in total. The SMILES string of the molecule is CN1CC=C(c2ccc3nncc(NCc4cc(O)cc(C(F)F)c4F)c3c2)CC1. The zero-order valence-electron chi connectivity index (χ0n) is 16.4. The minimum absolute atomic E-state index is 0.0514. The maximum atomic E-state index is 14.4. The quantitative estimate of drug-likeness (QED) is 0.631. The van der Waals surface area contributed by atoms with Crippen molar-refractivity contribution < 1.29 is 18.3 Å². The van der Waals surface area contributed by atoms with Gasteiger partial charge in [-0.15, -0.1) is 0 Å². The van der Waals surface area contributed by atoms with Gasteiger partial charge in [-0.25, -0.2) is 13.2 Å². The molecule has 8 heteroatoms. The normalized spacial score (nSPS) is 14.9. The van der Waals surface area contributed by atoms with Crippen LogP contribution in [-0.4, -0.2) is 40.3 Å². The molecular weight excluding hydrogens is 393 g/mol. The summed E-state index contributed by atoms with van der Waals surface area (Å²) in [5.41, 5.74) is 2.73. The summed E-state index contributed by atoms with van der Waals surface area (Å²) in [6.07, 6.45) is 1.64. The zero-order valence-corrected chi connectivity index (χ0v) is 16.4. The Kier molecular flexibility index (Phi) is 5.59. The Balaban J connectivity index is 1.64. The molecule has 0 saturated heterocycles. The summed E-state index contributed by atoms with van der Waals surface area (Å²) in [6.45, 7) is 1.78. The number of anilines is 1. The van der Waals surface area contributed by atoms with Crippen molar-refractivity contribution in [1.82, 2.24) is 15.1 Å². The van der Waals surface area contributed by atoms with E-state index in [0.717, 1.165) is 42.6 Å². The molecule has 30 heavy (non-hydrogen) atoms. The monoisotopic (exact) mass is 414 g/mol. The van der Waals surface area contributed by atoms with Crippen molar-refractivity contribution in [2.24, 2.45) is 0 Å². The summed E-state index contributed by atoms with van der Waals surface area (Å²) in [5, 5.41) is 21.6. The Morgan fingerprint density at radius 2 is 2.07 bits per heavy atom. The minimum atomic E-state index is -3.01. The first-order valence-electron chi connectivity index (χ1n) is 9.59. The molecule has 5 nitrogen and oxygen atoms in total. The molecule has 0 aliphatic carbocycles. The summed E-state index contributed by atoms with van der Waals surface area (Å²) in [5.74, 6) is -1.43. The first kappa shape index (κ1) is 20.2. The second kappa shape index (κ2) is 8.31. The Labute approximate surface area is 171 Å². The number of aromatic nitrogens is 2. The molecule has 0 radical (unpaired) electrons. The molecule has 0 saturated carbocycles. The van der Waals surface area contributed by atoms with Gasteiger partial charge in [0, 0.05) is 30.6 Å². The average molecular weight is 414 g/mol. The van der Waals surface area contributed by atoms with Crippen LogP contribution in [0.2, 0.25) is 0 Å². The number of fused-ring (bicyclic) bond motifs is 1. The summed E-state index contributed by atoms with van der Waals surface area (Å²) in [6, 6.07) is 7.77. The topological polar surface area (TPSA) is 61.3 Å². The van der Waals surface area contributed by atoms with Crippen LogP contribution in [0.25, 0.3) is 16.5 Å². The fourth-order valence-electron chi connectivity index (χ4n) is 3.60. The van der Waals surface area contributed by atoms with Crippen molar-refractivity contribution >= 4 is 22.2 Å². The molecule has 0 fully saturated rings. The van der Waals surface area contributed by atoms with E-state index in [2.05, 4.69) is 33.5 Å². The molecule has 0 amide bonds. The van der Waals surface area contributed by atoms with E-state index in [1.807, 2.05) is 18.2 Å². The lowest BCUT2D eigenvalue weighted by molar-refractivity contribution is 0.145. The number of phenols is 1. The van der Waals surface area contributed by atoms with Gasteiger partial charge in [0.15, 0.2) is 0 Å². The van der Waals surface area contributed by atoms with Crippen LogP contribution in [0.3, 0.4) is 0 Å². The van der Waals surface area contributed by atoms with E-state index in [-0.39, 0.29) is 12.1 Å². The summed E-state index contributed by atoms with van der Waals surface area (Å²) >= 11 is 0. The van der Waals surface area contributed by atoms with Crippen molar-refractivity contribution in [1.29, 1.82) is 0 Å². The molecule has 0 spiro atoms. The Hall–Kier alpha value is -3.13. The molecule has 1 aromatic heterocycles. The van der Waals surface area contributed by atoms with Gasteiger partial charge in [-0.05, 0) is 48.9 Å². The molecular formula is C22H21F3N4O. The minimum Gasteiger partial charge on any atom is -0.508 e. The standard InChI is InChI=1S/C22H21F3N4O/c1-29-6-4-13(5-7-29)14-2-3-19-17(9-14)20(12-27-28-19)26-11-15-8-16(30)10-18(21(15)23)22(24)25/h2-4,8-10,12,22,30H,5-7,11H2,1H3,(H,26,28). The van der Waals surface area contributed by atoms with Crippen LogP contribution in [0.5, 0.6) is 5.75 Å². The summed E-state index contributed by atoms with van der Waals surface area (Å²) in [7, 11) is 2.07. The number of likely N-dealkylation sites (N-methyl/N-ethyl adjacent to an activating group) is 1. The van der Waals surface area contributed by atoms with Gasteiger partial charge in [0.2, 0.25) is 0 Å². The Bertz CT molecular complexity index is 1120. The molecule has 2 aromatic carbocycles. The fourth-order valence-corrected chi connectivity index (χ4v) is 3.60. The number of hydrogen-bond acceptors (Lipinski definition) is 5. The smallest absolute Gasteiger partial charge is 0.266 e. The highest BCUT2D eigenvalue weighted by Crippen LogP contribution is 2.31. The number of hydrogen-bond donors (Lipinski definition) is 2. The van der Waals surface area contributed by atoms with E-state index in [4.69, 9.17) is 0 Å². The first-order chi connectivity index (χ1) is 14.4. The molecule has 0 atom stereocenters. The number of nitrogens with one attached hydrogen (secondary N) is 1. The van der Waals surface area contributed by atoms with Crippen LogP contribution in [0.1, 0.15) is 29.5 Å². The number of rotatable bonds is 5. The van der Waals surface area contributed by atoms with Crippen molar-refractivity contribution in [3.63, 3.8) is 0 Å². The van der Waals surface area contributed by atoms with Gasteiger partial charge in [0.25, 0.3) is 6.43 Å². The molecule has 156 valence electrons.